The molecule has 1 heterocycles. The van der Waals surface area contributed by atoms with Gasteiger partial charge in [0.1, 0.15) is 0 Å². The number of carbonyl (C=O) groups excluding carboxylic acids is 2. The zero-order valence-electron chi connectivity index (χ0n) is 18.6. The quantitative estimate of drug-likeness (QED) is 0.351. The average Bonchev–Trinajstić information content (AvgIpc) is 3.06. The van der Waals surface area contributed by atoms with Crippen molar-refractivity contribution in [1.29, 1.82) is 0 Å². The molecule has 2 amide bonds. The fourth-order valence-electron chi connectivity index (χ4n) is 4.37. The van der Waals surface area contributed by atoms with Gasteiger partial charge in [-0.15, -0.1) is 0 Å². The molecule has 0 aliphatic carbocycles. The van der Waals surface area contributed by atoms with Crippen LogP contribution >= 0.6 is 0 Å². The van der Waals surface area contributed by atoms with Crippen molar-refractivity contribution < 1.29 is 19.5 Å². The van der Waals surface area contributed by atoms with E-state index in [0.29, 0.717) is 17.6 Å². The normalized spacial score (nSPS) is 14.8. The second-order valence-corrected chi connectivity index (χ2v) is 8.25. The van der Waals surface area contributed by atoms with Crippen molar-refractivity contribution in [3.05, 3.63) is 71.8 Å². The first-order valence-electron chi connectivity index (χ1n) is 11.5. The lowest BCUT2D eigenvalue weighted by molar-refractivity contribution is -0.139. The number of aliphatic carboxylic acids is 1. The van der Waals surface area contributed by atoms with E-state index in [2.05, 4.69) is 6.92 Å². The van der Waals surface area contributed by atoms with Gasteiger partial charge >= 0.3 is 5.97 Å². The summed E-state index contributed by atoms with van der Waals surface area (Å²) < 4.78 is 0. The maximum Gasteiger partial charge on any atom is 0.303 e. The van der Waals surface area contributed by atoms with E-state index in [9.17, 15) is 14.4 Å². The second kappa shape index (κ2) is 11.4. The third-order valence-corrected chi connectivity index (χ3v) is 5.91. The molecule has 0 fully saturated rings. The molecule has 0 saturated heterocycles. The lowest BCUT2D eigenvalue weighted by Gasteiger charge is -2.27. The van der Waals surface area contributed by atoms with Gasteiger partial charge in [0.25, 0.3) is 11.8 Å². The highest BCUT2D eigenvalue weighted by molar-refractivity contribution is 6.49. The number of carbonyl (C=O) groups is 3. The van der Waals surface area contributed by atoms with Crippen molar-refractivity contribution in [1.82, 2.24) is 4.90 Å². The largest absolute Gasteiger partial charge is 0.481 e. The van der Waals surface area contributed by atoms with Crippen molar-refractivity contribution >= 4 is 28.9 Å². The number of hydrogen-bond donors (Lipinski definition) is 1. The fourth-order valence-corrected chi connectivity index (χ4v) is 4.37. The third kappa shape index (κ3) is 5.52. The number of rotatable bonds is 12. The summed E-state index contributed by atoms with van der Waals surface area (Å²) in [5, 5.41) is 8.78. The minimum absolute atomic E-state index is 0.153. The highest BCUT2D eigenvalue weighted by atomic mass is 16.4. The molecule has 3 rings (SSSR count). The topological polar surface area (TPSA) is 74.7 Å². The molecule has 5 nitrogen and oxygen atoms in total. The minimum atomic E-state index is -0.768. The Morgan fingerprint density at radius 2 is 1.28 bits per heavy atom. The first-order chi connectivity index (χ1) is 15.5. The number of amides is 2. The van der Waals surface area contributed by atoms with Crippen LogP contribution in [0.25, 0.3) is 11.1 Å². The van der Waals surface area contributed by atoms with E-state index in [1.54, 1.807) is 0 Å². The molecule has 5 heteroatoms. The van der Waals surface area contributed by atoms with Crippen LogP contribution < -0.4 is 0 Å². The predicted octanol–water partition coefficient (Wildman–Crippen LogP) is 5.56. The van der Waals surface area contributed by atoms with Crippen LogP contribution in [-0.4, -0.2) is 33.8 Å². The molecule has 0 saturated carbocycles. The van der Waals surface area contributed by atoms with Gasteiger partial charge in [-0.2, -0.15) is 0 Å². The first-order valence-corrected chi connectivity index (χ1v) is 11.5. The molecule has 1 N–H and O–H groups in total. The number of benzene rings is 2. The van der Waals surface area contributed by atoms with Crippen LogP contribution in [0.3, 0.4) is 0 Å². The Balaban J connectivity index is 1.83. The molecule has 0 bridgehead atoms. The van der Waals surface area contributed by atoms with Gasteiger partial charge in [-0.3, -0.25) is 19.3 Å². The van der Waals surface area contributed by atoms with Gasteiger partial charge in [-0.05, 0) is 30.4 Å². The van der Waals surface area contributed by atoms with E-state index >= 15 is 0 Å². The van der Waals surface area contributed by atoms with Crippen molar-refractivity contribution in [3.8, 4) is 0 Å². The number of hydrogen-bond acceptors (Lipinski definition) is 3. The Labute approximate surface area is 189 Å². The van der Waals surface area contributed by atoms with E-state index in [4.69, 9.17) is 5.11 Å². The van der Waals surface area contributed by atoms with Crippen molar-refractivity contribution in [2.24, 2.45) is 0 Å². The summed E-state index contributed by atoms with van der Waals surface area (Å²) in [5.74, 6) is -1.20. The fraction of sp³-hybridized carbons (Fsp3) is 0.370. The van der Waals surface area contributed by atoms with Gasteiger partial charge in [0.05, 0.1) is 11.1 Å². The summed E-state index contributed by atoms with van der Waals surface area (Å²) in [6.45, 7) is 2.06. The van der Waals surface area contributed by atoms with Crippen molar-refractivity contribution in [3.63, 3.8) is 0 Å². The Hall–Kier alpha value is -3.21. The smallest absolute Gasteiger partial charge is 0.303 e. The van der Waals surface area contributed by atoms with Crippen LogP contribution in [0.15, 0.2) is 60.7 Å². The zero-order chi connectivity index (χ0) is 22.9. The maximum absolute atomic E-state index is 13.6. The monoisotopic (exact) mass is 433 g/mol. The van der Waals surface area contributed by atoms with Crippen LogP contribution in [0.2, 0.25) is 0 Å². The maximum atomic E-state index is 13.6. The third-order valence-electron chi connectivity index (χ3n) is 5.91. The number of imide groups is 1. The molecule has 1 atom stereocenters. The summed E-state index contributed by atoms with van der Waals surface area (Å²) >= 11 is 0. The Kier molecular flexibility index (Phi) is 8.37. The molecule has 1 aliphatic heterocycles. The lowest BCUT2D eigenvalue weighted by Crippen LogP contribution is -2.41. The van der Waals surface area contributed by atoms with Crippen LogP contribution in [0.4, 0.5) is 0 Å². The van der Waals surface area contributed by atoms with E-state index in [1.807, 2.05) is 60.7 Å². The highest BCUT2D eigenvalue weighted by Gasteiger charge is 2.42. The SMILES string of the molecule is CCCC(CCCCCCC(=O)O)N1C(=O)C(c2ccccc2)=C(c2ccccc2)C1=O. The number of carboxylic acids is 1. The zero-order valence-corrected chi connectivity index (χ0v) is 18.6. The molecule has 0 aromatic heterocycles. The van der Waals surface area contributed by atoms with E-state index in [0.717, 1.165) is 49.7 Å². The van der Waals surface area contributed by atoms with Crippen molar-refractivity contribution in [2.45, 2.75) is 64.3 Å². The van der Waals surface area contributed by atoms with Crippen LogP contribution in [0, 0.1) is 0 Å². The summed E-state index contributed by atoms with van der Waals surface area (Å²) in [6, 6.07) is 18.7. The summed E-state index contributed by atoms with van der Waals surface area (Å²) in [6.07, 6.45) is 5.83. The molecule has 32 heavy (non-hydrogen) atoms. The lowest BCUT2D eigenvalue weighted by atomic mass is 9.96. The second-order valence-electron chi connectivity index (χ2n) is 8.25. The van der Waals surface area contributed by atoms with Gasteiger partial charge in [-0.1, -0.05) is 93.3 Å². The predicted molar refractivity (Wildman–Crippen MR) is 126 cm³/mol. The van der Waals surface area contributed by atoms with Gasteiger partial charge in [0.2, 0.25) is 0 Å². The number of carboxylic acid groups (broad SMARTS) is 1. The molecular weight excluding hydrogens is 402 g/mol. The number of unbranched alkanes of at least 4 members (excludes halogenated alkanes) is 3. The molecule has 1 unspecified atom stereocenters. The summed E-state index contributed by atoms with van der Waals surface area (Å²) in [4.78, 5) is 39.4. The van der Waals surface area contributed by atoms with Gasteiger partial charge in [0, 0.05) is 12.5 Å². The average molecular weight is 434 g/mol. The first kappa shape index (κ1) is 23.5. The highest BCUT2D eigenvalue weighted by Crippen LogP contribution is 2.38. The minimum Gasteiger partial charge on any atom is -0.481 e. The van der Waals surface area contributed by atoms with Gasteiger partial charge in [0.15, 0.2) is 0 Å². The number of nitrogens with zero attached hydrogens (tertiary/aromatic N) is 1. The Morgan fingerprint density at radius 1 is 0.781 bits per heavy atom. The van der Waals surface area contributed by atoms with Crippen LogP contribution in [0.5, 0.6) is 0 Å². The molecule has 1 aliphatic rings. The molecule has 0 radical (unpaired) electrons. The van der Waals surface area contributed by atoms with E-state index < -0.39 is 5.97 Å². The van der Waals surface area contributed by atoms with Gasteiger partial charge < -0.3 is 5.11 Å². The van der Waals surface area contributed by atoms with E-state index in [1.165, 1.54) is 4.90 Å². The van der Waals surface area contributed by atoms with E-state index in [-0.39, 0.29) is 24.3 Å². The molecule has 0 spiro atoms. The van der Waals surface area contributed by atoms with Crippen LogP contribution in [0.1, 0.15) is 69.4 Å². The van der Waals surface area contributed by atoms with Crippen LogP contribution in [-0.2, 0) is 14.4 Å². The molecular formula is C27H31NO4. The Bertz CT molecular complexity index is 904. The standard InChI is InChI=1S/C27H31NO4/c1-2-13-22(18-11-3-4-12-19-23(29)30)28-26(31)24(20-14-7-5-8-15-20)25(27(28)32)21-16-9-6-10-17-21/h5-10,14-17,22H,2-4,11-13,18-19H2,1H3,(H,29,30). The summed E-state index contributed by atoms with van der Waals surface area (Å²) in [7, 11) is 0. The Morgan fingerprint density at radius 3 is 1.75 bits per heavy atom. The molecule has 2 aromatic carbocycles. The van der Waals surface area contributed by atoms with Gasteiger partial charge in [-0.25, -0.2) is 0 Å². The van der Waals surface area contributed by atoms with Crippen molar-refractivity contribution in [2.75, 3.05) is 0 Å². The molecule has 2 aromatic rings. The molecule has 168 valence electrons. The summed E-state index contributed by atoms with van der Waals surface area (Å²) in [5.41, 5.74) is 2.47.